The van der Waals surface area contributed by atoms with Crippen LogP contribution in [0.2, 0.25) is 0 Å². The van der Waals surface area contributed by atoms with E-state index in [1.165, 1.54) is 59.5 Å². The second-order valence-corrected chi connectivity index (χ2v) is 14.9. The number of rotatable bonds is 7. The Labute approximate surface area is 266 Å². The number of carbonyl (C=O) groups is 1. The van der Waals surface area contributed by atoms with Gasteiger partial charge in [-0.1, -0.05) is 30.3 Å². The number of thiazole rings is 1. The molecule has 2 fully saturated rings. The van der Waals surface area contributed by atoms with Gasteiger partial charge in [-0.05, 0) is 95.2 Å². The topological polar surface area (TPSA) is 64.1 Å². The number of nitrogens with zero attached hydrogens (tertiary/aromatic N) is 3. The predicted octanol–water partition coefficient (Wildman–Crippen LogP) is 7.66. The minimum absolute atomic E-state index is 0.271. The van der Waals surface area contributed by atoms with Gasteiger partial charge in [-0.2, -0.15) is 0 Å². The van der Waals surface area contributed by atoms with Gasteiger partial charge in [0.1, 0.15) is 16.4 Å². The molecule has 3 aliphatic heterocycles. The molecule has 44 heavy (non-hydrogen) atoms. The molecule has 3 aromatic rings. The SMILES string of the molecule is Cc1c(OCCCN2CCCC3(CCOC3)C2)cccc1-c1cccc(-c2nc3c(s2)CCN(C(=O)OC(C)(C)C)C3)c1C. The maximum absolute atomic E-state index is 12.7. The Morgan fingerprint density at radius 3 is 2.59 bits per heavy atom. The molecule has 0 bridgehead atoms. The monoisotopic (exact) mass is 617 g/mol. The van der Waals surface area contributed by atoms with Gasteiger partial charge in [-0.25, -0.2) is 9.78 Å². The van der Waals surface area contributed by atoms with Crippen LogP contribution in [0.3, 0.4) is 0 Å². The summed E-state index contributed by atoms with van der Waals surface area (Å²) in [6.07, 6.45) is 5.35. The number of hydrogen-bond acceptors (Lipinski definition) is 7. The average Bonchev–Trinajstić information content (AvgIpc) is 3.62. The Hall–Kier alpha value is -2.94. The fourth-order valence-corrected chi connectivity index (χ4v) is 8.10. The van der Waals surface area contributed by atoms with Crippen LogP contribution in [0.15, 0.2) is 36.4 Å². The molecule has 2 aromatic carbocycles. The van der Waals surface area contributed by atoms with Gasteiger partial charge in [0, 0.05) is 48.5 Å². The van der Waals surface area contributed by atoms with E-state index in [0.717, 1.165) is 54.6 Å². The lowest BCUT2D eigenvalue weighted by atomic mass is 9.79. The van der Waals surface area contributed by atoms with Crippen molar-refractivity contribution in [3.05, 3.63) is 58.1 Å². The van der Waals surface area contributed by atoms with Crippen LogP contribution in [0.5, 0.6) is 5.75 Å². The molecule has 1 atom stereocenters. The predicted molar refractivity (Wildman–Crippen MR) is 176 cm³/mol. The van der Waals surface area contributed by atoms with Crippen LogP contribution in [0.25, 0.3) is 21.7 Å². The number of likely N-dealkylation sites (tertiary alicyclic amines) is 1. The molecule has 7 nitrogen and oxygen atoms in total. The van der Waals surface area contributed by atoms with Crippen molar-refractivity contribution in [2.45, 2.75) is 78.9 Å². The molecular weight excluding hydrogens is 570 g/mol. The van der Waals surface area contributed by atoms with Crippen molar-refractivity contribution in [1.29, 1.82) is 0 Å². The van der Waals surface area contributed by atoms with E-state index in [4.69, 9.17) is 19.2 Å². The van der Waals surface area contributed by atoms with E-state index in [-0.39, 0.29) is 6.09 Å². The maximum Gasteiger partial charge on any atom is 0.410 e. The molecule has 1 aromatic heterocycles. The summed E-state index contributed by atoms with van der Waals surface area (Å²) in [6, 6.07) is 12.9. The van der Waals surface area contributed by atoms with Gasteiger partial charge in [0.05, 0.1) is 25.5 Å². The van der Waals surface area contributed by atoms with Gasteiger partial charge in [0.15, 0.2) is 0 Å². The van der Waals surface area contributed by atoms with Crippen LogP contribution >= 0.6 is 11.3 Å². The van der Waals surface area contributed by atoms with Crippen molar-refractivity contribution in [3.63, 3.8) is 0 Å². The van der Waals surface area contributed by atoms with Crippen molar-refractivity contribution >= 4 is 17.4 Å². The number of fused-ring (bicyclic) bond motifs is 1. The van der Waals surface area contributed by atoms with Crippen molar-refractivity contribution in [3.8, 4) is 27.4 Å². The van der Waals surface area contributed by atoms with Gasteiger partial charge in [-0.3, -0.25) is 0 Å². The zero-order valence-corrected chi connectivity index (χ0v) is 27.9. The molecule has 2 saturated heterocycles. The van der Waals surface area contributed by atoms with Gasteiger partial charge in [0.25, 0.3) is 0 Å². The van der Waals surface area contributed by atoms with Crippen molar-refractivity contribution in [2.24, 2.45) is 5.41 Å². The lowest BCUT2D eigenvalue weighted by Gasteiger charge is -2.39. The number of aromatic nitrogens is 1. The Morgan fingerprint density at radius 2 is 1.82 bits per heavy atom. The molecule has 0 saturated carbocycles. The zero-order valence-electron chi connectivity index (χ0n) is 27.0. The Balaban J connectivity index is 1.12. The minimum atomic E-state index is -0.509. The Morgan fingerprint density at radius 1 is 1.05 bits per heavy atom. The van der Waals surface area contributed by atoms with E-state index in [1.807, 2.05) is 20.8 Å². The molecule has 0 radical (unpaired) electrons. The third kappa shape index (κ3) is 6.82. The molecule has 1 unspecified atom stereocenters. The number of carbonyl (C=O) groups excluding carboxylic acids is 1. The first-order chi connectivity index (χ1) is 21.1. The second-order valence-electron chi connectivity index (χ2n) is 13.8. The van der Waals surface area contributed by atoms with E-state index < -0.39 is 5.60 Å². The molecule has 6 rings (SSSR count). The molecule has 0 aliphatic carbocycles. The first-order valence-corrected chi connectivity index (χ1v) is 17.0. The van der Waals surface area contributed by atoms with Crippen molar-refractivity contribution < 1.29 is 19.0 Å². The largest absolute Gasteiger partial charge is 0.493 e. The average molecular weight is 618 g/mol. The highest BCUT2D eigenvalue weighted by Crippen LogP contribution is 2.40. The van der Waals surface area contributed by atoms with Gasteiger partial charge in [0.2, 0.25) is 0 Å². The summed E-state index contributed by atoms with van der Waals surface area (Å²) in [4.78, 5) is 23.4. The number of benzene rings is 2. The summed E-state index contributed by atoms with van der Waals surface area (Å²) in [5, 5.41) is 1.01. The van der Waals surface area contributed by atoms with Crippen molar-refractivity contribution in [1.82, 2.24) is 14.8 Å². The van der Waals surface area contributed by atoms with E-state index >= 15 is 0 Å². The Bertz CT molecular complexity index is 1490. The van der Waals surface area contributed by atoms with Crippen molar-refractivity contribution in [2.75, 3.05) is 46.0 Å². The van der Waals surface area contributed by atoms with E-state index in [0.29, 0.717) is 25.1 Å². The van der Waals surface area contributed by atoms with Crippen LogP contribution in [0.1, 0.15) is 68.2 Å². The highest BCUT2D eigenvalue weighted by atomic mass is 32.1. The lowest BCUT2D eigenvalue weighted by molar-refractivity contribution is 0.0222. The molecule has 4 heterocycles. The molecule has 1 spiro atoms. The van der Waals surface area contributed by atoms with Crippen LogP contribution in [0.4, 0.5) is 4.79 Å². The quantitative estimate of drug-likeness (QED) is 0.254. The minimum Gasteiger partial charge on any atom is -0.493 e. The second kappa shape index (κ2) is 12.8. The summed E-state index contributed by atoms with van der Waals surface area (Å²) in [6.45, 7) is 17.2. The molecular formula is C36H47N3O4S. The summed E-state index contributed by atoms with van der Waals surface area (Å²) in [7, 11) is 0. The van der Waals surface area contributed by atoms with Gasteiger partial charge in [-0.15, -0.1) is 11.3 Å². The summed E-state index contributed by atoms with van der Waals surface area (Å²) in [5.41, 5.74) is 6.78. The standard InChI is InChI=1S/C36H47N3O4S/c1-25-27(10-6-12-29(25)33-37-30-22-39(19-14-32(30)44-33)34(40)43-35(3,4)5)28-11-7-13-31(26(28)2)42-20-9-18-38-17-8-15-36(23-38)16-21-41-24-36/h6-7,10-13H,8-9,14-24H2,1-5H3. The number of piperidine rings is 1. The van der Waals surface area contributed by atoms with E-state index in [2.05, 4.69) is 55.1 Å². The summed E-state index contributed by atoms with van der Waals surface area (Å²) >= 11 is 1.75. The Kier molecular flexibility index (Phi) is 9.05. The normalized spacial score (nSPS) is 20.6. The lowest BCUT2D eigenvalue weighted by Crippen LogP contribution is -2.44. The van der Waals surface area contributed by atoms with Crippen LogP contribution in [-0.2, 0) is 22.4 Å². The number of hydrogen-bond donors (Lipinski definition) is 0. The van der Waals surface area contributed by atoms with Crippen LogP contribution < -0.4 is 4.74 Å². The third-order valence-corrected chi connectivity index (χ3v) is 10.5. The smallest absolute Gasteiger partial charge is 0.410 e. The molecule has 3 aliphatic rings. The highest BCUT2D eigenvalue weighted by Gasteiger charge is 2.38. The fourth-order valence-electron chi connectivity index (χ4n) is 6.96. The molecule has 0 N–H and O–H groups in total. The molecule has 1 amide bonds. The summed E-state index contributed by atoms with van der Waals surface area (Å²) in [5.74, 6) is 0.957. The van der Waals surface area contributed by atoms with E-state index in [9.17, 15) is 4.79 Å². The molecule has 8 heteroatoms. The summed E-state index contributed by atoms with van der Waals surface area (Å²) < 4.78 is 17.7. The maximum atomic E-state index is 12.7. The highest BCUT2D eigenvalue weighted by molar-refractivity contribution is 7.15. The molecule has 236 valence electrons. The third-order valence-electron chi connectivity index (χ3n) is 9.32. The van der Waals surface area contributed by atoms with Gasteiger partial charge >= 0.3 is 6.09 Å². The van der Waals surface area contributed by atoms with E-state index in [1.54, 1.807) is 16.2 Å². The first-order valence-electron chi connectivity index (χ1n) is 16.2. The zero-order chi connectivity index (χ0) is 30.9. The first kappa shape index (κ1) is 31.1. The fraction of sp³-hybridized carbons (Fsp3) is 0.556. The van der Waals surface area contributed by atoms with Gasteiger partial charge < -0.3 is 24.0 Å². The van der Waals surface area contributed by atoms with Crippen LogP contribution in [0, 0.1) is 19.3 Å². The number of ether oxygens (including phenoxy) is 3. The van der Waals surface area contributed by atoms with Crippen LogP contribution in [-0.4, -0.2) is 72.5 Å². The number of amides is 1.